The quantitative estimate of drug-likeness (QED) is 0.748. The number of pyridine rings is 1. The third-order valence-corrected chi connectivity index (χ3v) is 5.46. The van der Waals surface area contributed by atoms with Crippen LogP contribution in [0.25, 0.3) is 0 Å². The number of amides is 2. The summed E-state index contributed by atoms with van der Waals surface area (Å²) in [6.07, 6.45) is 5.21. The Morgan fingerprint density at radius 3 is 2.00 bits per heavy atom. The highest BCUT2D eigenvalue weighted by molar-refractivity contribution is 5.92. The molecule has 2 fully saturated rings. The molecule has 0 saturated carbocycles. The first-order valence-electron chi connectivity index (χ1n) is 9.89. The van der Waals surface area contributed by atoms with Crippen LogP contribution in [0.1, 0.15) is 17.4 Å². The van der Waals surface area contributed by atoms with E-state index in [9.17, 15) is 9.59 Å². The molecule has 0 aliphatic carbocycles. The van der Waals surface area contributed by atoms with Crippen molar-refractivity contribution in [2.75, 3.05) is 62.2 Å². The minimum Gasteiger partial charge on any atom is -0.367 e. The maximum Gasteiger partial charge on any atom is 0.272 e. The van der Waals surface area contributed by atoms with Crippen LogP contribution in [0.5, 0.6) is 0 Å². The summed E-state index contributed by atoms with van der Waals surface area (Å²) in [6.45, 7) is 7.22. The van der Waals surface area contributed by atoms with Gasteiger partial charge in [-0.3, -0.25) is 9.59 Å². The van der Waals surface area contributed by atoms with Crippen molar-refractivity contribution < 1.29 is 9.59 Å². The van der Waals surface area contributed by atoms with Crippen molar-refractivity contribution in [1.82, 2.24) is 24.8 Å². The molecule has 2 aromatic heterocycles. The molecule has 2 aromatic rings. The van der Waals surface area contributed by atoms with Crippen molar-refractivity contribution in [3.8, 4) is 0 Å². The van der Waals surface area contributed by atoms with Gasteiger partial charge in [0.2, 0.25) is 11.9 Å². The average molecular weight is 395 g/mol. The summed E-state index contributed by atoms with van der Waals surface area (Å²) in [6, 6.07) is 5.53. The van der Waals surface area contributed by atoms with Crippen LogP contribution in [0.2, 0.25) is 0 Å². The third-order valence-electron chi connectivity index (χ3n) is 5.46. The molecule has 4 rings (SSSR count). The van der Waals surface area contributed by atoms with E-state index in [0.717, 1.165) is 18.8 Å². The molecule has 29 heavy (non-hydrogen) atoms. The van der Waals surface area contributed by atoms with Gasteiger partial charge in [-0.2, -0.15) is 0 Å². The summed E-state index contributed by atoms with van der Waals surface area (Å²) >= 11 is 0. The fourth-order valence-electron chi connectivity index (χ4n) is 3.71. The summed E-state index contributed by atoms with van der Waals surface area (Å²) < 4.78 is 0. The molecule has 9 heteroatoms. The van der Waals surface area contributed by atoms with Gasteiger partial charge >= 0.3 is 0 Å². The van der Waals surface area contributed by atoms with E-state index < -0.39 is 0 Å². The highest BCUT2D eigenvalue weighted by atomic mass is 16.2. The predicted molar refractivity (Wildman–Crippen MR) is 109 cm³/mol. The Kier molecular flexibility index (Phi) is 5.55. The fraction of sp³-hybridized carbons (Fsp3) is 0.450. The zero-order chi connectivity index (χ0) is 20.2. The topological polar surface area (TPSA) is 85.8 Å². The second-order valence-corrected chi connectivity index (χ2v) is 7.22. The smallest absolute Gasteiger partial charge is 0.272 e. The molecule has 0 atom stereocenters. The van der Waals surface area contributed by atoms with Crippen LogP contribution < -0.4 is 9.80 Å². The lowest BCUT2D eigenvalue weighted by Gasteiger charge is -2.35. The number of carbonyl (C=O) groups excluding carboxylic acids is 2. The largest absolute Gasteiger partial charge is 0.367 e. The summed E-state index contributed by atoms with van der Waals surface area (Å²) in [5.74, 6) is 0.765. The Bertz CT molecular complexity index is 843. The maximum absolute atomic E-state index is 12.8. The molecule has 2 amide bonds. The van der Waals surface area contributed by atoms with Gasteiger partial charge in [-0.15, -0.1) is 0 Å². The van der Waals surface area contributed by atoms with Gasteiger partial charge in [-0.1, -0.05) is 0 Å². The SMILES string of the molecule is CC(=O)N1CCN(c2ccc(C(=O)N3CCN(c4ncccn4)CC3)nc2)CC1. The van der Waals surface area contributed by atoms with E-state index in [0.29, 0.717) is 50.9 Å². The fourth-order valence-corrected chi connectivity index (χ4v) is 3.71. The monoisotopic (exact) mass is 395 g/mol. The van der Waals surface area contributed by atoms with E-state index in [4.69, 9.17) is 0 Å². The standard InChI is InChI=1S/C20H25N7O2/c1-16(28)24-7-9-25(10-8-24)17-3-4-18(23-15-17)19(29)26-11-13-27(14-12-26)20-21-5-2-6-22-20/h2-6,15H,7-14H2,1H3. The number of carbonyl (C=O) groups is 2. The summed E-state index contributed by atoms with van der Waals surface area (Å²) in [5, 5.41) is 0. The van der Waals surface area contributed by atoms with Crippen molar-refractivity contribution in [3.63, 3.8) is 0 Å². The van der Waals surface area contributed by atoms with Gasteiger partial charge in [0.25, 0.3) is 5.91 Å². The summed E-state index contributed by atoms with van der Waals surface area (Å²) in [4.78, 5) is 45.2. The van der Waals surface area contributed by atoms with Crippen molar-refractivity contribution in [3.05, 3.63) is 42.5 Å². The third kappa shape index (κ3) is 4.28. The molecule has 0 bridgehead atoms. The van der Waals surface area contributed by atoms with Crippen LogP contribution in [-0.4, -0.2) is 88.9 Å². The van der Waals surface area contributed by atoms with Crippen LogP contribution in [0.15, 0.2) is 36.8 Å². The number of rotatable bonds is 3. The Labute approximate surface area is 170 Å². The van der Waals surface area contributed by atoms with E-state index in [1.807, 2.05) is 15.9 Å². The Hall–Kier alpha value is -3.23. The molecular weight excluding hydrogens is 370 g/mol. The zero-order valence-electron chi connectivity index (χ0n) is 16.6. The highest BCUT2D eigenvalue weighted by Gasteiger charge is 2.24. The van der Waals surface area contributed by atoms with E-state index in [1.54, 1.807) is 37.6 Å². The highest BCUT2D eigenvalue weighted by Crippen LogP contribution is 2.17. The second-order valence-electron chi connectivity index (χ2n) is 7.22. The van der Waals surface area contributed by atoms with Gasteiger partial charge in [-0.05, 0) is 18.2 Å². The molecular formula is C20H25N7O2. The number of piperazine rings is 2. The summed E-state index contributed by atoms with van der Waals surface area (Å²) in [7, 11) is 0. The van der Waals surface area contributed by atoms with Crippen LogP contribution in [0, 0.1) is 0 Å². The first-order chi connectivity index (χ1) is 14.1. The van der Waals surface area contributed by atoms with Crippen LogP contribution in [0.4, 0.5) is 11.6 Å². The molecule has 0 spiro atoms. The molecule has 2 aliphatic heterocycles. The van der Waals surface area contributed by atoms with E-state index in [1.165, 1.54) is 0 Å². The van der Waals surface area contributed by atoms with Gasteiger partial charge < -0.3 is 19.6 Å². The van der Waals surface area contributed by atoms with E-state index in [2.05, 4.69) is 24.8 Å². The normalized spacial score (nSPS) is 17.4. The number of hydrogen-bond acceptors (Lipinski definition) is 7. The second kappa shape index (κ2) is 8.42. The minimum absolute atomic E-state index is 0.0495. The van der Waals surface area contributed by atoms with Gasteiger partial charge in [0.15, 0.2) is 0 Å². The van der Waals surface area contributed by atoms with Gasteiger partial charge in [-0.25, -0.2) is 15.0 Å². The lowest BCUT2D eigenvalue weighted by atomic mass is 10.2. The first-order valence-corrected chi connectivity index (χ1v) is 9.89. The molecule has 152 valence electrons. The number of hydrogen-bond donors (Lipinski definition) is 0. The number of aromatic nitrogens is 3. The zero-order valence-corrected chi connectivity index (χ0v) is 16.6. The molecule has 2 saturated heterocycles. The lowest BCUT2D eigenvalue weighted by molar-refractivity contribution is -0.129. The lowest BCUT2D eigenvalue weighted by Crippen LogP contribution is -2.49. The molecule has 0 N–H and O–H groups in total. The number of nitrogens with zero attached hydrogens (tertiary/aromatic N) is 7. The van der Waals surface area contributed by atoms with Gasteiger partial charge in [0.1, 0.15) is 5.69 Å². The molecule has 4 heterocycles. The maximum atomic E-state index is 12.8. The van der Waals surface area contributed by atoms with Crippen molar-refractivity contribution in [2.45, 2.75) is 6.92 Å². The minimum atomic E-state index is -0.0495. The average Bonchev–Trinajstić information content (AvgIpc) is 2.79. The van der Waals surface area contributed by atoms with Crippen molar-refractivity contribution in [1.29, 1.82) is 0 Å². The Morgan fingerprint density at radius 2 is 1.41 bits per heavy atom. The van der Waals surface area contributed by atoms with Gasteiger partial charge in [0.05, 0.1) is 11.9 Å². The first kappa shape index (κ1) is 19.1. The Morgan fingerprint density at radius 1 is 0.793 bits per heavy atom. The number of anilines is 2. The van der Waals surface area contributed by atoms with Crippen LogP contribution in [-0.2, 0) is 4.79 Å². The van der Waals surface area contributed by atoms with E-state index in [-0.39, 0.29) is 11.8 Å². The predicted octanol–water partition coefficient (Wildman–Crippen LogP) is 0.503. The Balaban J connectivity index is 1.32. The molecule has 0 radical (unpaired) electrons. The van der Waals surface area contributed by atoms with Gasteiger partial charge in [0, 0.05) is 71.7 Å². The van der Waals surface area contributed by atoms with Crippen LogP contribution in [0.3, 0.4) is 0 Å². The molecule has 0 unspecified atom stereocenters. The molecule has 9 nitrogen and oxygen atoms in total. The molecule has 0 aromatic carbocycles. The van der Waals surface area contributed by atoms with E-state index >= 15 is 0 Å². The summed E-state index contributed by atoms with van der Waals surface area (Å²) in [5.41, 5.74) is 1.44. The van der Waals surface area contributed by atoms with Crippen molar-refractivity contribution >= 4 is 23.5 Å². The van der Waals surface area contributed by atoms with Crippen LogP contribution >= 0.6 is 0 Å². The van der Waals surface area contributed by atoms with Crippen molar-refractivity contribution in [2.24, 2.45) is 0 Å². The molecule has 2 aliphatic rings.